The number of ether oxygens (including phenoxy) is 2. The molecule has 2 aromatic carbocycles. The van der Waals surface area contributed by atoms with Crippen LogP contribution in [-0.2, 0) is 4.74 Å². The number of rotatable bonds is 5. The lowest BCUT2D eigenvalue weighted by atomic mass is 10.1. The van der Waals surface area contributed by atoms with E-state index in [9.17, 15) is 5.11 Å². The predicted molar refractivity (Wildman–Crippen MR) is 101 cm³/mol. The molecule has 0 aliphatic carbocycles. The maximum atomic E-state index is 10.4. The molecule has 0 radical (unpaired) electrons. The molecule has 3 aromatic rings. The molecule has 1 saturated heterocycles. The van der Waals surface area contributed by atoms with Crippen LogP contribution in [0.15, 0.2) is 46.9 Å². The number of hydrogen-bond acceptors (Lipinski definition) is 4. The molecule has 5 nitrogen and oxygen atoms in total. The van der Waals surface area contributed by atoms with Crippen molar-refractivity contribution >= 4 is 21.9 Å². The van der Waals surface area contributed by atoms with Gasteiger partial charge in [0, 0.05) is 10.8 Å². The molecule has 2 N–H and O–H groups in total. The monoisotopic (exact) mass is 356 g/mol. The van der Waals surface area contributed by atoms with Gasteiger partial charge < -0.3 is 23.9 Å². The fourth-order valence-corrected chi connectivity index (χ4v) is 3.94. The summed E-state index contributed by atoms with van der Waals surface area (Å²) in [4.78, 5) is 1.36. The van der Waals surface area contributed by atoms with Gasteiger partial charge in [-0.2, -0.15) is 0 Å². The van der Waals surface area contributed by atoms with Gasteiger partial charge in [0.2, 0.25) is 0 Å². The summed E-state index contributed by atoms with van der Waals surface area (Å²) in [5.74, 6) is 0.752. The van der Waals surface area contributed by atoms with Gasteiger partial charge in [-0.05, 0) is 38.1 Å². The molecule has 0 spiro atoms. The van der Waals surface area contributed by atoms with Crippen molar-refractivity contribution in [2.24, 2.45) is 0 Å². The number of aliphatic hydroxyl groups is 1. The molecular weight excluding hydrogens is 330 g/mol. The second kappa shape index (κ2) is 7.27. The van der Waals surface area contributed by atoms with Crippen LogP contribution in [0.4, 0.5) is 0 Å². The van der Waals surface area contributed by atoms with Crippen molar-refractivity contribution in [2.45, 2.75) is 32.2 Å². The highest BCUT2D eigenvalue weighted by molar-refractivity contribution is 6.05. The number of para-hydroxylation sites is 1. The molecule has 2 heterocycles. The van der Waals surface area contributed by atoms with Gasteiger partial charge in [-0.3, -0.25) is 0 Å². The number of aliphatic hydroxyl groups excluding tert-OH is 1. The first-order valence-electron chi connectivity index (χ1n) is 9.29. The topological polar surface area (TPSA) is 56.3 Å². The number of morpholine rings is 1. The van der Waals surface area contributed by atoms with Crippen molar-refractivity contribution < 1.29 is 23.9 Å². The molecule has 26 heavy (non-hydrogen) atoms. The van der Waals surface area contributed by atoms with Crippen LogP contribution in [0.5, 0.6) is 5.75 Å². The summed E-state index contributed by atoms with van der Waals surface area (Å²) < 4.78 is 17.4. The Hall–Kier alpha value is -2.08. The Labute approximate surface area is 153 Å². The molecule has 1 aliphatic heterocycles. The van der Waals surface area contributed by atoms with E-state index in [1.54, 1.807) is 0 Å². The zero-order valence-electron chi connectivity index (χ0n) is 15.3. The quantitative estimate of drug-likeness (QED) is 0.734. The first-order valence-corrected chi connectivity index (χ1v) is 9.29. The Morgan fingerprint density at radius 2 is 1.81 bits per heavy atom. The van der Waals surface area contributed by atoms with Crippen LogP contribution in [0, 0.1) is 0 Å². The van der Waals surface area contributed by atoms with E-state index in [0.717, 1.165) is 40.8 Å². The van der Waals surface area contributed by atoms with Gasteiger partial charge in [0.25, 0.3) is 0 Å². The molecule has 0 saturated carbocycles. The minimum Gasteiger partial charge on any atom is -0.491 e. The zero-order valence-corrected chi connectivity index (χ0v) is 15.3. The maximum Gasteiger partial charge on any atom is 0.137 e. The molecular formula is C21H26NO4+. The minimum atomic E-state index is -0.501. The molecule has 4 rings (SSSR count). The van der Waals surface area contributed by atoms with E-state index in [4.69, 9.17) is 13.9 Å². The van der Waals surface area contributed by atoms with Gasteiger partial charge in [-0.15, -0.1) is 0 Å². The van der Waals surface area contributed by atoms with Gasteiger partial charge in [-0.25, -0.2) is 0 Å². The third-order valence-electron chi connectivity index (χ3n) is 4.93. The molecule has 138 valence electrons. The molecule has 1 aromatic heterocycles. The Morgan fingerprint density at radius 3 is 2.62 bits per heavy atom. The standard InChI is InChI=1S/C21H25NO4/c1-14-10-22(11-15(2)25-14)12-16(23)13-24-17-7-8-21-19(9-17)18-5-3-4-6-20(18)26-21/h3-9,14-16,23H,10-13H2,1-2H3/p+1/t14-,15-,16-/m0/s1. The van der Waals surface area contributed by atoms with Gasteiger partial charge in [0.15, 0.2) is 0 Å². The summed E-state index contributed by atoms with van der Waals surface area (Å²) in [5.41, 5.74) is 1.72. The van der Waals surface area contributed by atoms with Crippen molar-refractivity contribution in [3.05, 3.63) is 42.5 Å². The van der Waals surface area contributed by atoms with Crippen molar-refractivity contribution in [1.82, 2.24) is 0 Å². The average Bonchev–Trinajstić information content (AvgIpc) is 2.97. The lowest BCUT2D eigenvalue weighted by Gasteiger charge is -2.33. The van der Waals surface area contributed by atoms with E-state index < -0.39 is 6.10 Å². The van der Waals surface area contributed by atoms with Crippen molar-refractivity contribution in [3.8, 4) is 5.75 Å². The van der Waals surface area contributed by atoms with Crippen LogP contribution < -0.4 is 9.64 Å². The molecule has 1 fully saturated rings. The highest BCUT2D eigenvalue weighted by Gasteiger charge is 2.27. The maximum absolute atomic E-state index is 10.4. The zero-order chi connectivity index (χ0) is 18.1. The van der Waals surface area contributed by atoms with Gasteiger partial charge in [-0.1, -0.05) is 18.2 Å². The smallest absolute Gasteiger partial charge is 0.137 e. The van der Waals surface area contributed by atoms with E-state index in [-0.39, 0.29) is 18.8 Å². The van der Waals surface area contributed by atoms with Crippen LogP contribution in [0.2, 0.25) is 0 Å². The number of benzene rings is 2. The van der Waals surface area contributed by atoms with Gasteiger partial charge in [0.05, 0.1) is 0 Å². The van der Waals surface area contributed by atoms with Crippen LogP contribution in [0.1, 0.15) is 13.8 Å². The number of hydrogen-bond donors (Lipinski definition) is 2. The first-order chi connectivity index (χ1) is 12.6. The van der Waals surface area contributed by atoms with Crippen LogP contribution in [0.25, 0.3) is 21.9 Å². The number of fused-ring (bicyclic) bond motifs is 3. The first kappa shape index (κ1) is 17.3. The lowest BCUT2D eigenvalue weighted by Crippen LogP contribution is -3.16. The van der Waals surface area contributed by atoms with Crippen LogP contribution in [-0.4, -0.2) is 49.7 Å². The normalized spacial score (nSPS) is 24.8. The third-order valence-corrected chi connectivity index (χ3v) is 4.93. The fourth-order valence-electron chi connectivity index (χ4n) is 3.94. The number of nitrogens with one attached hydrogen (secondary N) is 1. The molecule has 0 bridgehead atoms. The van der Waals surface area contributed by atoms with E-state index in [1.165, 1.54) is 4.90 Å². The number of quaternary nitrogens is 1. The summed E-state index contributed by atoms with van der Waals surface area (Å²) in [6, 6.07) is 13.8. The molecule has 1 aliphatic rings. The average molecular weight is 356 g/mol. The summed E-state index contributed by atoms with van der Waals surface area (Å²) in [7, 11) is 0. The second-order valence-electron chi connectivity index (χ2n) is 7.34. The summed E-state index contributed by atoms with van der Waals surface area (Å²) in [6.45, 7) is 6.98. The van der Waals surface area contributed by atoms with E-state index in [2.05, 4.69) is 13.8 Å². The molecule has 3 atom stereocenters. The van der Waals surface area contributed by atoms with Crippen molar-refractivity contribution in [3.63, 3.8) is 0 Å². The van der Waals surface area contributed by atoms with Crippen molar-refractivity contribution in [1.29, 1.82) is 0 Å². The predicted octanol–water partition coefficient (Wildman–Crippen LogP) is 2.02. The summed E-state index contributed by atoms with van der Waals surface area (Å²) in [5, 5.41) is 12.5. The van der Waals surface area contributed by atoms with E-state index in [0.29, 0.717) is 6.54 Å². The SMILES string of the molecule is C[C@H]1C[NH+](C[C@H](O)COc2ccc3oc4ccccc4c3c2)C[C@H](C)O1. The Morgan fingerprint density at radius 1 is 1.08 bits per heavy atom. The highest BCUT2D eigenvalue weighted by atomic mass is 16.5. The largest absolute Gasteiger partial charge is 0.491 e. The fraction of sp³-hybridized carbons (Fsp3) is 0.429. The molecule has 0 amide bonds. The number of furan rings is 1. The van der Waals surface area contributed by atoms with E-state index >= 15 is 0 Å². The van der Waals surface area contributed by atoms with E-state index in [1.807, 2.05) is 42.5 Å². The van der Waals surface area contributed by atoms with Crippen molar-refractivity contribution in [2.75, 3.05) is 26.2 Å². The van der Waals surface area contributed by atoms with Gasteiger partial charge >= 0.3 is 0 Å². The van der Waals surface area contributed by atoms with Crippen LogP contribution >= 0.6 is 0 Å². The Balaban J connectivity index is 1.40. The minimum absolute atomic E-state index is 0.235. The van der Waals surface area contributed by atoms with Crippen LogP contribution in [0.3, 0.4) is 0 Å². The Kier molecular flexibility index (Phi) is 4.85. The lowest BCUT2D eigenvalue weighted by molar-refractivity contribution is -0.918. The Bertz CT molecular complexity index is 880. The molecule has 0 unspecified atom stereocenters. The summed E-state index contributed by atoms with van der Waals surface area (Å²) >= 11 is 0. The highest BCUT2D eigenvalue weighted by Crippen LogP contribution is 2.31. The van der Waals surface area contributed by atoms with Gasteiger partial charge in [0.1, 0.15) is 61.5 Å². The third kappa shape index (κ3) is 3.70. The second-order valence-corrected chi connectivity index (χ2v) is 7.34. The summed E-state index contributed by atoms with van der Waals surface area (Å²) in [6.07, 6.45) is -0.0309. The molecule has 5 heteroatoms.